The van der Waals surface area contributed by atoms with Gasteiger partial charge in [0.2, 0.25) is 0 Å². The molecule has 1 atom stereocenters. The van der Waals surface area contributed by atoms with E-state index in [9.17, 15) is 14.7 Å². The third-order valence-electron chi connectivity index (χ3n) is 3.58. The fourth-order valence-corrected chi connectivity index (χ4v) is 1.93. The van der Waals surface area contributed by atoms with Crippen molar-refractivity contribution in [2.24, 2.45) is 0 Å². The summed E-state index contributed by atoms with van der Waals surface area (Å²) in [6.45, 7) is 3.23. The first-order chi connectivity index (χ1) is 9.96. The third kappa shape index (κ3) is 3.13. The Morgan fingerprint density at radius 3 is 2.48 bits per heavy atom. The fraction of sp³-hybridized carbons (Fsp3) is 0.250. The van der Waals surface area contributed by atoms with Crippen LogP contribution in [0.5, 0.6) is 0 Å². The zero-order chi connectivity index (χ0) is 15.5. The zero-order valence-electron chi connectivity index (χ0n) is 12.0. The summed E-state index contributed by atoms with van der Waals surface area (Å²) in [5, 5.41) is 11.8. The van der Waals surface area contributed by atoms with Crippen LogP contribution in [0, 0.1) is 0 Å². The van der Waals surface area contributed by atoms with Gasteiger partial charge in [0.15, 0.2) is 0 Å². The van der Waals surface area contributed by atoms with E-state index >= 15 is 0 Å². The average molecular weight is 286 g/mol. The molecule has 1 unspecified atom stereocenters. The number of nitrogens with one attached hydrogen (secondary N) is 1. The first kappa shape index (κ1) is 14.8. The molecule has 0 saturated heterocycles. The van der Waals surface area contributed by atoms with Gasteiger partial charge in [-0.3, -0.25) is 4.79 Å². The van der Waals surface area contributed by atoms with E-state index in [-0.39, 0.29) is 0 Å². The molecule has 0 bridgehead atoms. The number of carboxylic acid groups (broad SMARTS) is 1. The van der Waals surface area contributed by atoms with Crippen molar-refractivity contribution in [2.75, 3.05) is 0 Å². The monoisotopic (exact) mass is 286 g/mol. The molecule has 0 radical (unpaired) electrons. The maximum atomic E-state index is 12.3. The Kier molecular flexibility index (Phi) is 4.12. The minimum atomic E-state index is -1.26. The first-order valence-electron chi connectivity index (χ1n) is 6.75. The second-order valence-corrected chi connectivity index (χ2v) is 5.09. The second kappa shape index (κ2) is 5.83. The molecule has 2 N–H and O–H groups in total. The number of carbonyl (C=O) groups excluding carboxylic acids is 1. The van der Waals surface area contributed by atoms with Crippen molar-refractivity contribution in [3.8, 4) is 5.69 Å². The van der Waals surface area contributed by atoms with Crippen LogP contribution in [0.3, 0.4) is 0 Å². The van der Waals surface area contributed by atoms with E-state index in [2.05, 4.69) is 5.32 Å². The lowest BCUT2D eigenvalue weighted by Crippen LogP contribution is -2.51. The molecule has 110 valence electrons. The van der Waals surface area contributed by atoms with Crippen LogP contribution in [-0.4, -0.2) is 27.1 Å². The van der Waals surface area contributed by atoms with Gasteiger partial charge in [0.25, 0.3) is 5.91 Å². The Bertz CT molecular complexity index is 649. The molecular formula is C16H18N2O3. The van der Waals surface area contributed by atoms with E-state index < -0.39 is 17.4 Å². The summed E-state index contributed by atoms with van der Waals surface area (Å²) >= 11 is 0. The molecule has 0 fully saturated rings. The van der Waals surface area contributed by atoms with Crippen molar-refractivity contribution in [3.63, 3.8) is 0 Å². The molecule has 1 amide bonds. The van der Waals surface area contributed by atoms with Crippen LogP contribution in [0.2, 0.25) is 0 Å². The van der Waals surface area contributed by atoms with Crippen LogP contribution in [-0.2, 0) is 4.79 Å². The normalized spacial score (nSPS) is 13.4. The number of rotatable bonds is 5. The summed E-state index contributed by atoms with van der Waals surface area (Å²) < 4.78 is 1.88. The van der Waals surface area contributed by atoms with E-state index in [1.54, 1.807) is 25.1 Å². The fourth-order valence-electron chi connectivity index (χ4n) is 1.93. The second-order valence-electron chi connectivity index (χ2n) is 5.09. The molecule has 2 aromatic rings. The molecule has 0 saturated carbocycles. The lowest BCUT2D eigenvalue weighted by molar-refractivity contribution is -0.143. The molecule has 0 aliphatic rings. The number of benzene rings is 1. The van der Waals surface area contributed by atoms with Crippen LogP contribution < -0.4 is 5.32 Å². The number of carboxylic acids is 1. The molecule has 0 spiro atoms. The smallest absolute Gasteiger partial charge is 0.329 e. The molecule has 5 heteroatoms. The summed E-state index contributed by atoms with van der Waals surface area (Å²) in [6.07, 6.45) is 4.07. The van der Waals surface area contributed by atoms with Gasteiger partial charge >= 0.3 is 5.97 Å². The molecule has 21 heavy (non-hydrogen) atoms. The van der Waals surface area contributed by atoms with Crippen molar-refractivity contribution in [1.82, 2.24) is 9.88 Å². The Hall–Kier alpha value is -2.56. The molecule has 0 aliphatic heterocycles. The minimum Gasteiger partial charge on any atom is -0.480 e. The number of hydrogen-bond acceptors (Lipinski definition) is 2. The Morgan fingerprint density at radius 1 is 1.24 bits per heavy atom. The number of amides is 1. The van der Waals surface area contributed by atoms with Gasteiger partial charge in [-0.05, 0) is 43.7 Å². The van der Waals surface area contributed by atoms with Gasteiger partial charge < -0.3 is 15.0 Å². The number of carbonyl (C=O) groups is 2. The number of aromatic nitrogens is 1. The van der Waals surface area contributed by atoms with Gasteiger partial charge in [0.05, 0.1) is 0 Å². The third-order valence-corrected chi connectivity index (χ3v) is 3.58. The van der Waals surface area contributed by atoms with E-state index in [1.807, 2.05) is 35.2 Å². The van der Waals surface area contributed by atoms with E-state index in [1.165, 1.54) is 6.92 Å². The molecule has 1 aromatic carbocycles. The molecular weight excluding hydrogens is 268 g/mol. The summed E-state index contributed by atoms with van der Waals surface area (Å²) in [5.41, 5.74) is 0.0175. The number of nitrogens with zero attached hydrogens (tertiary/aromatic N) is 1. The maximum absolute atomic E-state index is 12.3. The molecule has 1 heterocycles. The molecule has 0 aliphatic carbocycles. The number of hydrogen-bond donors (Lipinski definition) is 2. The lowest BCUT2D eigenvalue weighted by Gasteiger charge is -2.24. The molecule has 5 nitrogen and oxygen atoms in total. The Morgan fingerprint density at radius 2 is 1.90 bits per heavy atom. The summed E-state index contributed by atoms with van der Waals surface area (Å²) in [4.78, 5) is 23.5. The highest BCUT2D eigenvalue weighted by atomic mass is 16.4. The van der Waals surface area contributed by atoms with Crippen molar-refractivity contribution in [3.05, 3.63) is 54.4 Å². The van der Waals surface area contributed by atoms with Gasteiger partial charge in [-0.25, -0.2) is 4.79 Å². The van der Waals surface area contributed by atoms with Gasteiger partial charge in [-0.2, -0.15) is 0 Å². The van der Waals surface area contributed by atoms with Crippen LogP contribution >= 0.6 is 0 Å². The topological polar surface area (TPSA) is 71.3 Å². The molecule has 2 rings (SSSR count). The minimum absolute atomic E-state index is 0.311. The van der Waals surface area contributed by atoms with Gasteiger partial charge in [-0.1, -0.05) is 13.0 Å². The predicted molar refractivity (Wildman–Crippen MR) is 79.6 cm³/mol. The zero-order valence-corrected chi connectivity index (χ0v) is 12.0. The van der Waals surface area contributed by atoms with E-state index in [0.717, 1.165) is 5.69 Å². The largest absolute Gasteiger partial charge is 0.480 e. The SMILES string of the molecule is CCC(C)(NC(=O)c1cccc(-n2cccc2)c1)C(=O)O. The summed E-state index contributed by atoms with van der Waals surface area (Å²) in [7, 11) is 0. The van der Waals surface area contributed by atoms with Gasteiger partial charge in [0, 0.05) is 23.6 Å². The highest BCUT2D eigenvalue weighted by Crippen LogP contribution is 2.14. The average Bonchev–Trinajstić information content (AvgIpc) is 3.01. The molecule has 1 aromatic heterocycles. The van der Waals surface area contributed by atoms with Crippen LogP contribution in [0.15, 0.2) is 48.8 Å². The van der Waals surface area contributed by atoms with Crippen molar-refractivity contribution in [2.45, 2.75) is 25.8 Å². The Labute approximate surface area is 123 Å². The highest BCUT2D eigenvalue weighted by Gasteiger charge is 2.33. The van der Waals surface area contributed by atoms with Crippen molar-refractivity contribution >= 4 is 11.9 Å². The van der Waals surface area contributed by atoms with Crippen LogP contribution in [0.25, 0.3) is 5.69 Å². The summed E-state index contributed by atoms with van der Waals surface area (Å²) in [5.74, 6) is -1.43. The van der Waals surface area contributed by atoms with Crippen molar-refractivity contribution in [1.29, 1.82) is 0 Å². The standard InChI is InChI=1S/C16H18N2O3/c1-3-16(2,15(20)21)17-14(19)12-7-6-8-13(11-12)18-9-4-5-10-18/h4-11H,3H2,1-2H3,(H,17,19)(H,20,21). The first-order valence-corrected chi connectivity index (χ1v) is 6.75. The Balaban J connectivity index is 2.24. The quantitative estimate of drug-likeness (QED) is 0.887. The predicted octanol–water partition coefficient (Wildman–Crippen LogP) is 2.46. The van der Waals surface area contributed by atoms with Crippen molar-refractivity contribution < 1.29 is 14.7 Å². The van der Waals surface area contributed by atoms with Gasteiger partial charge in [-0.15, -0.1) is 0 Å². The van der Waals surface area contributed by atoms with E-state index in [0.29, 0.717) is 12.0 Å². The van der Waals surface area contributed by atoms with Crippen LogP contribution in [0.1, 0.15) is 30.6 Å². The van der Waals surface area contributed by atoms with E-state index in [4.69, 9.17) is 0 Å². The summed E-state index contributed by atoms with van der Waals surface area (Å²) in [6, 6.07) is 10.8. The lowest BCUT2D eigenvalue weighted by atomic mass is 9.98. The maximum Gasteiger partial charge on any atom is 0.329 e. The van der Waals surface area contributed by atoms with Crippen LogP contribution in [0.4, 0.5) is 0 Å². The van der Waals surface area contributed by atoms with Gasteiger partial charge in [0.1, 0.15) is 5.54 Å². The number of aliphatic carboxylic acids is 1. The highest BCUT2D eigenvalue weighted by molar-refractivity contribution is 5.98.